The zero-order chi connectivity index (χ0) is 34.2. The van der Waals surface area contributed by atoms with Crippen LogP contribution in [0, 0.1) is 41.6 Å². The van der Waals surface area contributed by atoms with Gasteiger partial charge >= 0.3 is 11.4 Å². The second-order valence-electron chi connectivity index (χ2n) is 12.0. The van der Waals surface area contributed by atoms with E-state index in [0.29, 0.717) is 14.7 Å². The van der Waals surface area contributed by atoms with Crippen LogP contribution in [0.3, 0.4) is 0 Å². The molecule has 2 amide bonds. The van der Waals surface area contributed by atoms with E-state index in [9.17, 15) is 44.5 Å². The standard InChI is InChI=1S/C32H27IN4O10/c1-13-7-23(38)19-12-18-16(25(27(19)29(13)39)14-8-20(33)30(40)24(9-14)47-4)5-6-17-26(18)32(42)35(31(17)41)15-10-21(36(43)44)28(34(2)3)22(11-15)37(45)46/h5,7-11,17-18,25-26,40H,6,12H2,1-4H3/t17-,18+,25-,26-/m0/s1. The summed E-state index contributed by atoms with van der Waals surface area (Å²) in [6, 6.07) is 5.21. The van der Waals surface area contributed by atoms with Gasteiger partial charge in [-0.2, -0.15) is 0 Å². The summed E-state index contributed by atoms with van der Waals surface area (Å²) in [7, 11) is 4.20. The van der Waals surface area contributed by atoms with Crippen molar-refractivity contribution in [2.75, 3.05) is 31.0 Å². The normalized spacial score (nSPS) is 23.6. The van der Waals surface area contributed by atoms with Gasteiger partial charge in [0.05, 0.1) is 38.0 Å². The van der Waals surface area contributed by atoms with Crippen LogP contribution in [0.15, 0.2) is 58.7 Å². The molecule has 14 nitrogen and oxygen atoms in total. The average molecular weight is 754 g/mol. The summed E-state index contributed by atoms with van der Waals surface area (Å²) in [5.41, 5.74) is 0.0436. The Hall–Kier alpha value is -4.93. The molecule has 0 saturated carbocycles. The van der Waals surface area contributed by atoms with Crippen LogP contribution in [0.25, 0.3) is 0 Å². The van der Waals surface area contributed by atoms with Crippen molar-refractivity contribution >= 4 is 68.7 Å². The molecule has 1 N–H and O–H groups in total. The van der Waals surface area contributed by atoms with Crippen LogP contribution in [-0.4, -0.2) is 59.5 Å². The fraction of sp³-hybridized carbons (Fsp3) is 0.312. The minimum Gasteiger partial charge on any atom is -0.504 e. The number of aromatic hydroxyl groups is 1. The van der Waals surface area contributed by atoms with Gasteiger partial charge in [-0.15, -0.1) is 0 Å². The van der Waals surface area contributed by atoms with E-state index in [4.69, 9.17) is 4.74 Å². The number of carbonyl (C=O) groups excluding carboxylic acids is 4. The third kappa shape index (κ3) is 4.82. The predicted molar refractivity (Wildman–Crippen MR) is 175 cm³/mol. The molecule has 6 rings (SSSR count). The number of anilines is 2. The highest BCUT2D eigenvalue weighted by atomic mass is 127. The van der Waals surface area contributed by atoms with Gasteiger partial charge < -0.3 is 14.7 Å². The number of allylic oxidation sites excluding steroid dienone is 6. The molecule has 0 aromatic heterocycles. The van der Waals surface area contributed by atoms with Gasteiger partial charge in [0.2, 0.25) is 11.8 Å². The van der Waals surface area contributed by atoms with Gasteiger partial charge in [0.25, 0.3) is 0 Å². The molecule has 0 unspecified atom stereocenters. The summed E-state index contributed by atoms with van der Waals surface area (Å²) in [4.78, 5) is 79.7. The summed E-state index contributed by atoms with van der Waals surface area (Å²) < 4.78 is 5.81. The van der Waals surface area contributed by atoms with E-state index < -0.39 is 56.7 Å². The Balaban J connectivity index is 1.50. The largest absolute Gasteiger partial charge is 0.504 e. The van der Waals surface area contributed by atoms with Gasteiger partial charge in [-0.25, -0.2) is 4.90 Å². The Kier molecular flexibility index (Phi) is 7.77. The van der Waals surface area contributed by atoms with Gasteiger partial charge in [0, 0.05) is 48.9 Å². The Labute approximate surface area is 280 Å². The molecule has 1 heterocycles. The molecule has 1 saturated heterocycles. The molecule has 15 heteroatoms. The number of amides is 2. The first-order valence-corrected chi connectivity index (χ1v) is 15.5. The van der Waals surface area contributed by atoms with Gasteiger partial charge in [0.15, 0.2) is 28.8 Å². The first-order valence-electron chi connectivity index (χ1n) is 14.5. The van der Waals surface area contributed by atoms with Crippen molar-refractivity contribution in [3.63, 3.8) is 0 Å². The number of phenolic OH excluding ortho intramolecular Hbond substituents is 1. The van der Waals surface area contributed by atoms with Crippen molar-refractivity contribution in [2.24, 2.45) is 17.8 Å². The van der Waals surface area contributed by atoms with Gasteiger partial charge in [-0.05, 0) is 72.0 Å². The molecule has 2 aromatic carbocycles. The first kappa shape index (κ1) is 32.0. The SMILES string of the molecule is COc1cc([C@H]2C3=CC[C@@H]4C(=O)N(c5cc([N+](=O)[O-])c(N(C)C)c([N+](=O)[O-])c5)C(=O)[C@@H]4[C@@H]3CC3=C2C(=O)C(C)=CC3=O)cc(I)c1O. The second kappa shape index (κ2) is 11.4. The molecule has 47 heavy (non-hydrogen) atoms. The first-order chi connectivity index (χ1) is 22.2. The fourth-order valence-corrected chi connectivity index (χ4v) is 7.99. The Bertz CT molecular complexity index is 1930. The van der Waals surface area contributed by atoms with E-state index in [2.05, 4.69) is 0 Å². The molecule has 0 spiro atoms. The molecule has 4 atom stereocenters. The average Bonchev–Trinajstić information content (AvgIpc) is 3.28. The van der Waals surface area contributed by atoms with Crippen molar-refractivity contribution in [3.05, 3.63) is 88.1 Å². The van der Waals surface area contributed by atoms with Crippen molar-refractivity contribution < 1.29 is 38.9 Å². The van der Waals surface area contributed by atoms with E-state index >= 15 is 0 Å². The number of rotatable bonds is 6. The number of hydrogen-bond acceptors (Lipinski definition) is 11. The van der Waals surface area contributed by atoms with E-state index in [1.165, 1.54) is 32.2 Å². The lowest BCUT2D eigenvalue weighted by molar-refractivity contribution is -0.392. The lowest BCUT2D eigenvalue weighted by Crippen LogP contribution is -2.39. The molecule has 0 radical (unpaired) electrons. The molecule has 0 bridgehead atoms. The molecule has 2 aromatic rings. The quantitative estimate of drug-likeness (QED) is 0.109. The summed E-state index contributed by atoms with van der Waals surface area (Å²) >= 11 is 1.93. The number of ether oxygens (including phenoxy) is 1. The highest BCUT2D eigenvalue weighted by Crippen LogP contribution is 2.56. The van der Waals surface area contributed by atoms with Crippen LogP contribution in [0.5, 0.6) is 11.5 Å². The summed E-state index contributed by atoms with van der Waals surface area (Å²) in [6.45, 7) is 1.55. The third-order valence-electron chi connectivity index (χ3n) is 9.32. The van der Waals surface area contributed by atoms with E-state index in [0.717, 1.165) is 17.0 Å². The maximum atomic E-state index is 14.3. The van der Waals surface area contributed by atoms with E-state index in [1.54, 1.807) is 25.1 Å². The number of imide groups is 1. The highest BCUT2D eigenvalue weighted by Gasteiger charge is 2.57. The Morgan fingerprint density at radius 1 is 1.00 bits per heavy atom. The zero-order valence-corrected chi connectivity index (χ0v) is 27.6. The molecular formula is C32H27IN4O10. The minimum atomic E-state index is -1.02. The highest BCUT2D eigenvalue weighted by molar-refractivity contribution is 14.1. The van der Waals surface area contributed by atoms with Crippen molar-refractivity contribution in [1.82, 2.24) is 0 Å². The van der Waals surface area contributed by atoms with Crippen molar-refractivity contribution in [2.45, 2.75) is 25.7 Å². The fourth-order valence-electron chi connectivity index (χ4n) is 7.37. The van der Waals surface area contributed by atoms with Gasteiger partial charge in [-0.1, -0.05) is 11.6 Å². The molecular weight excluding hydrogens is 727 g/mol. The predicted octanol–water partition coefficient (Wildman–Crippen LogP) is 4.52. The minimum absolute atomic E-state index is 0.00772. The van der Waals surface area contributed by atoms with Crippen LogP contribution in [0.2, 0.25) is 0 Å². The number of methoxy groups -OCH3 is 1. The lowest BCUT2D eigenvalue weighted by atomic mass is 9.59. The number of halogens is 1. The molecule has 242 valence electrons. The van der Waals surface area contributed by atoms with E-state index in [-0.39, 0.29) is 64.0 Å². The molecule has 4 aliphatic rings. The number of carbonyl (C=O) groups is 4. The Morgan fingerprint density at radius 2 is 1.64 bits per heavy atom. The number of benzene rings is 2. The third-order valence-corrected chi connectivity index (χ3v) is 10.1. The molecule has 3 aliphatic carbocycles. The number of phenols is 1. The lowest BCUT2D eigenvalue weighted by Gasteiger charge is -2.42. The monoisotopic (exact) mass is 754 g/mol. The number of fused-ring (bicyclic) bond motifs is 3. The maximum Gasteiger partial charge on any atom is 0.301 e. The molecule has 1 aliphatic heterocycles. The number of ketones is 2. The van der Waals surface area contributed by atoms with Crippen LogP contribution in [-0.2, 0) is 19.2 Å². The summed E-state index contributed by atoms with van der Waals surface area (Å²) in [6.07, 6.45) is 3.13. The Morgan fingerprint density at radius 3 is 2.21 bits per heavy atom. The maximum absolute atomic E-state index is 14.3. The van der Waals surface area contributed by atoms with Crippen LogP contribution in [0.1, 0.15) is 31.2 Å². The number of hydrogen-bond donors (Lipinski definition) is 1. The summed E-state index contributed by atoms with van der Waals surface area (Å²) in [5, 5.41) is 34.6. The van der Waals surface area contributed by atoms with Crippen LogP contribution >= 0.6 is 22.6 Å². The zero-order valence-electron chi connectivity index (χ0n) is 25.5. The van der Waals surface area contributed by atoms with Crippen LogP contribution in [0.4, 0.5) is 22.7 Å². The van der Waals surface area contributed by atoms with E-state index in [1.807, 2.05) is 22.6 Å². The van der Waals surface area contributed by atoms with Crippen LogP contribution < -0.4 is 14.5 Å². The van der Waals surface area contributed by atoms with Gasteiger partial charge in [-0.3, -0.25) is 39.4 Å². The number of nitro benzene ring substituents is 2. The number of nitrogens with zero attached hydrogens (tertiary/aromatic N) is 4. The van der Waals surface area contributed by atoms with Crippen molar-refractivity contribution in [3.8, 4) is 11.5 Å². The molecule has 1 fully saturated rings. The number of nitro groups is 2. The topological polar surface area (TPSA) is 190 Å². The summed E-state index contributed by atoms with van der Waals surface area (Å²) in [5.74, 6) is -5.49. The smallest absolute Gasteiger partial charge is 0.301 e. The van der Waals surface area contributed by atoms with Gasteiger partial charge in [0.1, 0.15) is 0 Å². The number of Topliss-reactive ketones (excluding diaryl/α,β-unsaturated/α-hetero) is 1. The van der Waals surface area contributed by atoms with Crippen molar-refractivity contribution in [1.29, 1.82) is 0 Å². The second-order valence-corrected chi connectivity index (χ2v) is 13.2.